The van der Waals surface area contributed by atoms with Gasteiger partial charge in [-0.1, -0.05) is 54.1 Å². The van der Waals surface area contributed by atoms with E-state index in [0.717, 1.165) is 44.4 Å². The fourth-order valence-electron chi connectivity index (χ4n) is 4.38. The quantitative estimate of drug-likeness (QED) is 0.302. The van der Waals surface area contributed by atoms with Crippen molar-refractivity contribution in [1.29, 1.82) is 0 Å². The van der Waals surface area contributed by atoms with Crippen molar-refractivity contribution in [2.24, 2.45) is 0 Å². The summed E-state index contributed by atoms with van der Waals surface area (Å²) >= 11 is 0. The summed E-state index contributed by atoms with van der Waals surface area (Å²) < 4.78 is 5.72. The summed E-state index contributed by atoms with van der Waals surface area (Å²) in [5.41, 5.74) is 8.25. The lowest BCUT2D eigenvalue weighted by molar-refractivity contribution is 0.618. The molecule has 0 aliphatic carbocycles. The third kappa shape index (κ3) is 2.89. The smallest absolute Gasteiger partial charge is 0.160 e. The van der Waals surface area contributed by atoms with Crippen molar-refractivity contribution in [2.45, 2.75) is 13.8 Å². The summed E-state index contributed by atoms with van der Waals surface area (Å²) in [6.45, 7) is 4.12. The maximum atomic E-state index is 5.72. The molecular formula is C28H20N2O. The molecule has 0 spiro atoms. The molecule has 0 bridgehead atoms. The highest BCUT2D eigenvalue weighted by Crippen LogP contribution is 2.35. The predicted molar refractivity (Wildman–Crippen MR) is 127 cm³/mol. The Morgan fingerprint density at radius 3 is 2.52 bits per heavy atom. The van der Waals surface area contributed by atoms with Crippen LogP contribution in [-0.2, 0) is 0 Å². The molecule has 0 saturated carbocycles. The molecule has 0 radical (unpaired) electrons. The zero-order chi connectivity index (χ0) is 20.9. The van der Waals surface area contributed by atoms with Gasteiger partial charge in [0.2, 0.25) is 0 Å². The van der Waals surface area contributed by atoms with Crippen molar-refractivity contribution in [2.75, 3.05) is 0 Å². The summed E-state index contributed by atoms with van der Waals surface area (Å²) in [4.78, 5) is 9.60. The third-order valence-corrected chi connectivity index (χ3v) is 5.92. The molecule has 3 heterocycles. The van der Waals surface area contributed by atoms with E-state index in [1.54, 1.807) is 6.26 Å². The maximum absolute atomic E-state index is 5.72. The van der Waals surface area contributed by atoms with E-state index in [9.17, 15) is 0 Å². The number of pyridine rings is 2. The average Bonchev–Trinajstić information content (AvgIpc) is 3.27. The summed E-state index contributed by atoms with van der Waals surface area (Å²) in [7, 11) is 0. The van der Waals surface area contributed by atoms with E-state index in [4.69, 9.17) is 14.4 Å². The van der Waals surface area contributed by atoms with Crippen molar-refractivity contribution < 1.29 is 4.42 Å². The SMILES string of the molecule is Cc1ccc2c(-c3ccc(-c4cc5ccoc5c5nc(C)ccc45)nc3)cccc2c1. The van der Waals surface area contributed by atoms with Crippen LogP contribution in [0.25, 0.3) is 55.0 Å². The number of hydrogen-bond acceptors (Lipinski definition) is 3. The molecule has 148 valence electrons. The number of nitrogens with zero attached hydrogens (tertiary/aromatic N) is 2. The van der Waals surface area contributed by atoms with E-state index < -0.39 is 0 Å². The molecule has 3 aromatic heterocycles. The van der Waals surface area contributed by atoms with Gasteiger partial charge >= 0.3 is 0 Å². The molecule has 0 aliphatic heterocycles. The second-order valence-corrected chi connectivity index (χ2v) is 8.07. The van der Waals surface area contributed by atoms with Crippen LogP contribution in [-0.4, -0.2) is 9.97 Å². The van der Waals surface area contributed by atoms with Crippen LogP contribution in [0, 0.1) is 13.8 Å². The van der Waals surface area contributed by atoms with Crippen LogP contribution in [0.3, 0.4) is 0 Å². The van der Waals surface area contributed by atoms with Crippen LogP contribution in [0.5, 0.6) is 0 Å². The number of hydrogen-bond donors (Lipinski definition) is 0. The minimum atomic E-state index is 0.824. The molecule has 0 N–H and O–H groups in total. The number of aryl methyl sites for hydroxylation is 2. The van der Waals surface area contributed by atoms with Gasteiger partial charge in [0.1, 0.15) is 5.52 Å². The summed E-state index contributed by atoms with van der Waals surface area (Å²) in [6.07, 6.45) is 3.69. The molecule has 31 heavy (non-hydrogen) atoms. The normalized spacial score (nSPS) is 11.5. The molecule has 0 saturated heterocycles. The molecule has 0 fully saturated rings. The van der Waals surface area contributed by atoms with E-state index in [1.165, 1.54) is 21.9 Å². The fourth-order valence-corrected chi connectivity index (χ4v) is 4.38. The Balaban J connectivity index is 1.51. The molecule has 3 aromatic carbocycles. The number of furan rings is 1. The molecule has 0 aliphatic rings. The van der Waals surface area contributed by atoms with Gasteiger partial charge in [-0.25, -0.2) is 4.98 Å². The first-order valence-corrected chi connectivity index (χ1v) is 10.4. The molecule has 0 unspecified atom stereocenters. The minimum Gasteiger partial charge on any atom is -0.462 e. The van der Waals surface area contributed by atoms with Gasteiger partial charge in [0.05, 0.1) is 12.0 Å². The number of rotatable bonds is 2. The topological polar surface area (TPSA) is 38.9 Å². The number of benzene rings is 3. The largest absolute Gasteiger partial charge is 0.462 e. The summed E-state index contributed by atoms with van der Waals surface area (Å²) in [5.74, 6) is 0. The van der Waals surface area contributed by atoms with E-state index in [-0.39, 0.29) is 0 Å². The highest BCUT2D eigenvalue weighted by atomic mass is 16.3. The predicted octanol–water partition coefficient (Wildman–Crippen LogP) is 7.48. The molecule has 0 atom stereocenters. The first-order valence-electron chi connectivity index (χ1n) is 10.4. The number of aromatic nitrogens is 2. The average molecular weight is 400 g/mol. The standard InChI is InChI=1S/C28H20N2O/c1-17-6-9-23-19(14-17)4-3-5-22(23)21-8-11-26(29-16-21)25-15-20-12-13-31-28(20)27-24(25)10-7-18(2)30-27/h3-16H,1-2H3. The van der Waals surface area contributed by atoms with Crippen molar-refractivity contribution in [1.82, 2.24) is 9.97 Å². The van der Waals surface area contributed by atoms with E-state index >= 15 is 0 Å². The second-order valence-electron chi connectivity index (χ2n) is 8.07. The Bertz CT molecular complexity index is 1590. The van der Waals surface area contributed by atoms with E-state index in [0.29, 0.717) is 0 Å². The van der Waals surface area contributed by atoms with Gasteiger partial charge in [0, 0.05) is 33.8 Å². The third-order valence-electron chi connectivity index (χ3n) is 5.92. The molecule has 3 nitrogen and oxygen atoms in total. The van der Waals surface area contributed by atoms with Gasteiger partial charge in [0.15, 0.2) is 5.58 Å². The lowest BCUT2D eigenvalue weighted by Crippen LogP contribution is -1.90. The monoisotopic (exact) mass is 400 g/mol. The van der Waals surface area contributed by atoms with Gasteiger partial charge in [0.25, 0.3) is 0 Å². The van der Waals surface area contributed by atoms with Gasteiger partial charge in [-0.05, 0) is 54.4 Å². The van der Waals surface area contributed by atoms with Crippen molar-refractivity contribution >= 4 is 32.6 Å². The zero-order valence-electron chi connectivity index (χ0n) is 17.4. The lowest BCUT2D eigenvalue weighted by atomic mass is 9.97. The van der Waals surface area contributed by atoms with Crippen LogP contribution in [0.2, 0.25) is 0 Å². The fraction of sp³-hybridized carbons (Fsp3) is 0.0714. The maximum Gasteiger partial charge on any atom is 0.160 e. The molecule has 6 aromatic rings. The summed E-state index contributed by atoms with van der Waals surface area (Å²) in [6, 6.07) is 25.5. The minimum absolute atomic E-state index is 0.824. The Morgan fingerprint density at radius 1 is 0.742 bits per heavy atom. The van der Waals surface area contributed by atoms with Gasteiger partial charge in [-0.15, -0.1) is 0 Å². The number of fused-ring (bicyclic) bond motifs is 4. The lowest BCUT2D eigenvalue weighted by Gasteiger charge is -2.10. The molecule has 3 heteroatoms. The zero-order valence-corrected chi connectivity index (χ0v) is 17.4. The van der Waals surface area contributed by atoms with Crippen molar-refractivity contribution in [3.05, 3.63) is 96.5 Å². The van der Waals surface area contributed by atoms with E-state index in [1.807, 2.05) is 25.3 Å². The van der Waals surface area contributed by atoms with Gasteiger partial charge in [-0.3, -0.25) is 4.98 Å². The van der Waals surface area contributed by atoms with Gasteiger partial charge in [-0.2, -0.15) is 0 Å². The summed E-state index contributed by atoms with van der Waals surface area (Å²) in [5, 5.41) is 4.58. The van der Waals surface area contributed by atoms with Crippen LogP contribution < -0.4 is 0 Å². The van der Waals surface area contributed by atoms with Crippen LogP contribution >= 0.6 is 0 Å². The highest BCUT2D eigenvalue weighted by Gasteiger charge is 2.13. The highest BCUT2D eigenvalue weighted by molar-refractivity contribution is 6.09. The second kappa shape index (κ2) is 6.78. The van der Waals surface area contributed by atoms with Crippen LogP contribution in [0.4, 0.5) is 0 Å². The van der Waals surface area contributed by atoms with Gasteiger partial charge < -0.3 is 4.42 Å². The van der Waals surface area contributed by atoms with Crippen molar-refractivity contribution in [3.8, 4) is 22.4 Å². The Hall–Kier alpha value is -3.98. The molecular weight excluding hydrogens is 380 g/mol. The molecule has 6 rings (SSSR count). The first-order chi connectivity index (χ1) is 15.2. The van der Waals surface area contributed by atoms with E-state index in [2.05, 4.69) is 67.6 Å². The van der Waals surface area contributed by atoms with Crippen LogP contribution in [0.1, 0.15) is 11.3 Å². The Kier molecular flexibility index (Phi) is 3.90. The Labute approximate surface area is 180 Å². The van der Waals surface area contributed by atoms with Crippen LogP contribution in [0.15, 0.2) is 89.7 Å². The molecule has 0 amide bonds. The van der Waals surface area contributed by atoms with Crippen molar-refractivity contribution in [3.63, 3.8) is 0 Å². The first kappa shape index (κ1) is 17.8. The Morgan fingerprint density at radius 2 is 1.65 bits per heavy atom.